The molecular formula is C28H42O3. The topological polar surface area (TPSA) is 49.8 Å². The maximum absolute atomic E-state index is 13.7. The van der Waals surface area contributed by atoms with Crippen LogP contribution in [-0.2, 0) is 9.53 Å². The number of ether oxygens (including phenoxy) is 1. The smallest absolute Gasteiger partial charge is 0.190 e. The van der Waals surface area contributed by atoms with E-state index < -0.39 is 5.60 Å². The van der Waals surface area contributed by atoms with Crippen LogP contribution in [0.4, 0.5) is 0 Å². The summed E-state index contributed by atoms with van der Waals surface area (Å²) in [4.78, 5) is 13.7. The van der Waals surface area contributed by atoms with Crippen molar-refractivity contribution in [3.05, 3.63) is 23.3 Å². The monoisotopic (exact) mass is 426 g/mol. The molecule has 0 bridgehead atoms. The molecule has 1 aliphatic heterocycles. The van der Waals surface area contributed by atoms with Gasteiger partial charge in [0.1, 0.15) is 5.60 Å². The highest BCUT2D eigenvalue weighted by molar-refractivity contribution is 6.05. The highest BCUT2D eigenvalue weighted by Crippen LogP contribution is 2.71. The molecule has 1 spiro atoms. The normalized spacial score (nSPS) is 48.3. The fraction of sp³-hybridized carbons (Fsp3) is 0.821. The fourth-order valence-electron chi connectivity index (χ4n) is 8.21. The molecule has 3 fully saturated rings. The lowest BCUT2D eigenvalue weighted by Crippen LogP contribution is -2.53. The number of ketones is 1. The molecule has 31 heavy (non-hydrogen) atoms. The van der Waals surface area contributed by atoms with E-state index in [-0.39, 0.29) is 28.8 Å². The average Bonchev–Trinajstić information content (AvgIpc) is 3.34. The SMILES string of the molecule is CC(/C=C/[C@H](C)C(C)C)[C@H]1CCC2C3=C(CC[C@@]21C)[C@@]1(C)CC[C@H](O)C[C@@]12O[C@H]2C3=O. The van der Waals surface area contributed by atoms with Crippen molar-refractivity contribution in [3.8, 4) is 0 Å². The van der Waals surface area contributed by atoms with E-state index in [2.05, 4.69) is 53.7 Å². The number of rotatable bonds is 4. The van der Waals surface area contributed by atoms with Crippen molar-refractivity contribution in [3.63, 3.8) is 0 Å². The standard InChI is InChI=1S/C28H42O3/c1-16(2)17(3)7-8-18(4)20-9-10-21-23-22(12-13-26(20,21)5)27(6)14-11-19(29)15-28(27)25(31-28)24(23)30/h7-8,16-21,25,29H,9-15H2,1-6H3/b8-7+/t17-,18?,19-,20+,21?,25-,26+,27+,28-/m0/s1. The number of aliphatic hydroxyl groups is 1. The van der Waals surface area contributed by atoms with E-state index in [9.17, 15) is 9.90 Å². The molecule has 5 rings (SSSR count). The number of carbonyl (C=O) groups is 1. The van der Waals surface area contributed by atoms with Crippen LogP contribution in [-0.4, -0.2) is 28.7 Å². The first kappa shape index (κ1) is 21.9. The molecule has 1 saturated heterocycles. The summed E-state index contributed by atoms with van der Waals surface area (Å²) in [6, 6.07) is 0. The number of carbonyl (C=O) groups excluding carboxylic acids is 1. The third-order valence-electron chi connectivity index (χ3n) is 10.7. The van der Waals surface area contributed by atoms with Crippen molar-refractivity contribution in [2.75, 3.05) is 0 Å². The number of fused-ring (bicyclic) bond motifs is 3. The van der Waals surface area contributed by atoms with Crippen molar-refractivity contribution >= 4 is 5.78 Å². The van der Waals surface area contributed by atoms with Crippen molar-refractivity contribution < 1.29 is 14.6 Å². The Morgan fingerprint density at radius 1 is 1.06 bits per heavy atom. The van der Waals surface area contributed by atoms with E-state index in [1.54, 1.807) is 0 Å². The van der Waals surface area contributed by atoms with Crippen molar-refractivity contribution in [2.24, 2.45) is 40.4 Å². The van der Waals surface area contributed by atoms with Crippen LogP contribution >= 0.6 is 0 Å². The Morgan fingerprint density at radius 2 is 1.81 bits per heavy atom. The van der Waals surface area contributed by atoms with E-state index in [0.717, 1.165) is 25.7 Å². The number of allylic oxidation sites excluding steroid dienone is 2. The number of aliphatic hydroxyl groups excluding tert-OH is 1. The van der Waals surface area contributed by atoms with Gasteiger partial charge in [-0.25, -0.2) is 0 Å². The molecular weight excluding hydrogens is 384 g/mol. The van der Waals surface area contributed by atoms with Crippen LogP contribution in [0.25, 0.3) is 0 Å². The van der Waals surface area contributed by atoms with E-state index in [4.69, 9.17) is 4.74 Å². The maximum Gasteiger partial charge on any atom is 0.190 e. The number of hydrogen-bond acceptors (Lipinski definition) is 3. The third kappa shape index (κ3) is 2.88. The second-order valence-corrected chi connectivity index (χ2v) is 12.5. The Hall–Kier alpha value is -0.930. The molecule has 5 aliphatic rings. The average molecular weight is 427 g/mol. The number of hydrogen-bond donors (Lipinski definition) is 1. The van der Waals surface area contributed by atoms with Crippen LogP contribution in [0.1, 0.15) is 86.5 Å². The van der Waals surface area contributed by atoms with Gasteiger partial charge in [0, 0.05) is 17.4 Å². The van der Waals surface area contributed by atoms with Gasteiger partial charge < -0.3 is 9.84 Å². The fourth-order valence-corrected chi connectivity index (χ4v) is 8.21. The lowest BCUT2D eigenvalue weighted by molar-refractivity contribution is -0.119. The van der Waals surface area contributed by atoms with Gasteiger partial charge in [-0.3, -0.25) is 4.79 Å². The first-order chi connectivity index (χ1) is 14.5. The van der Waals surface area contributed by atoms with Gasteiger partial charge in [-0.15, -0.1) is 0 Å². The summed E-state index contributed by atoms with van der Waals surface area (Å²) in [5, 5.41) is 10.3. The zero-order valence-electron chi connectivity index (χ0n) is 20.4. The summed E-state index contributed by atoms with van der Waals surface area (Å²) in [5.74, 6) is 3.13. The largest absolute Gasteiger partial charge is 0.393 e. The highest BCUT2D eigenvalue weighted by Gasteiger charge is 2.76. The molecule has 0 aromatic carbocycles. The minimum Gasteiger partial charge on any atom is -0.393 e. The van der Waals surface area contributed by atoms with E-state index in [1.807, 2.05) is 0 Å². The summed E-state index contributed by atoms with van der Waals surface area (Å²) in [7, 11) is 0. The molecule has 9 atom stereocenters. The van der Waals surface area contributed by atoms with Crippen LogP contribution in [0, 0.1) is 40.4 Å². The van der Waals surface area contributed by atoms with Crippen LogP contribution in [0.5, 0.6) is 0 Å². The predicted molar refractivity (Wildman–Crippen MR) is 123 cm³/mol. The first-order valence-corrected chi connectivity index (χ1v) is 12.9. The minimum absolute atomic E-state index is 0.0578. The molecule has 0 aromatic heterocycles. The van der Waals surface area contributed by atoms with E-state index in [0.29, 0.717) is 36.0 Å². The van der Waals surface area contributed by atoms with Gasteiger partial charge >= 0.3 is 0 Å². The Balaban J connectivity index is 1.46. The molecule has 0 amide bonds. The van der Waals surface area contributed by atoms with Gasteiger partial charge in [0.25, 0.3) is 0 Å². The van der Waals surface area contributed by atoms with Gasteiger partial charge in [-0.2, -0.15) is 0 Å². The summed E-state index contributed by atoms with van der Waals surface area (Å²) >= 11 is 0. The Morgan fingerprint density at radius 3 is 2.52 bits per heavy atom. The molecule has 0 radical (unpaired) electrons. The lowest BCUT2D eigenvalue weighted by atomic mass is 9.50. The predicted octanol–water partition coefficient (Wildman–Crippen LogP) is 5.87. The van der Waals surface area contributed by atoms with Gasteiger partial charge in [-0.05, 0) is 73.5 Å². The zero-order chi connectivity index (χ0) is 22.3. The van der Waals surface area contributed by atoms with Gasteiger partial charge in [0.05, 0.1) is 6.10 Å². The minimum atomic E-state index is -0.407. The van der Waals surface area contributed by atoms with Crippen molar-refractivity contribution in [1.82, 2.24) is 0 Å². The van der Waals surface area contributed by atoms with Crippen LogP contribution < -0.4 is 0 Å². The molecule has 0 aromatic rings. The summed E-state index contributed by atoms with van der Waals surface area (Å²) in [6.45, 7) is 14.1. The number of epoxide rings is 1. The third-order valence-corrected chi connectivity index (χ3v) is 10.7. The first-order valence-electron chi connectivity index (χ1n) is 12.9. The number of Topliss-reactive ketones (excluding diaryl/α,β-unsaturated/α-hetero) is 1. The molecule has 2 unspecified atom stereocenters. The van der Waals surface area contributed by atoms with Crippen molar-refractivity contribution in [1.29, 1.82) is 0 Å². The molecule has 3 heteroatoms. The van der Waals surface area contributed by atoms with Crippen molar-refractivity contribution in [2.45, 2.75) is 104 Å². The van der Waals surface area contributed by atoms with E-state index in [1.165, 1.54) is 24.0 Å². The molecule has 2 saturated carbocycles. The maximum atomic E-state index is 13.7. The quantitative estimate of drug-likeness (QED) is 0.452. The van der Waals surface area contributed by atoms with Crippen LogP contribution in [0.3, 0.4) is 0 Å². The van der Waals surface area contributed by atoms with Crippen LogP contribution in [0.2, 0.25) is 0 Å². The Labute approximate surface area is 188 Å². The second kappa shape index (κ2) is 7.03. The molecule has 1 heterocycles. The Bertz CT molecular complexity index is 839. The summed E-state index contributed by atoms with van der Waals surface area (Å²) in [6.07, 6.45) is 11.3. The zero-order valence-corrected chi connectivity index (χ0v) is 20.4. The molecule has 1 N–H and O–H groups in total. The molecule has 172 valence electrons. The van der Waals surface area contributed by atoms with Gasteiger partial charge in [-0.1, -0.05) is 59.3 Å². The summed E-state index contributed by atoms with van der Waals surface area (Å²) in [5.41, 5.74) is 2.32. The van der Waals surface area contributed by atoms with E-state index >= 15 is 0 Å². The second-order valence-electron chi connectivity index (χ2n) is 12.5. The summed E-state index contributed by atoms with van der Waals surface area (Å²) < 4.78 is 6.23. The van der Waals surface area contributed by atoms with Gasteiger partial charge in [0.2, 0.25) is 0 Å². The molecule has 3 nitrogen and oxygen atoms in total. The lowest BCUT2D eigenvalue weighted by Gasteiger charge is -2.52. The Kier molecular flexibility index (Phi) is 4.97. The van der Waals surface area contributed by atoms with Gasteiger partial charge in [0.15, 0.2) is 11.9 Å². The molecule has 4 aliphatic carbocycles. The van der Waals surface area contributed by atoms with Crippen LogP contribution in [0.15, 0.2) is 23.3 Å². The highest BCUT2D eigenvalue weighted by atomic mass is 16.6.